The molecule has 4 N–H and O–H groups in total. The Hall–Kier alpha value is -3.15. The van der Waals surface area contributed by atoms with E-state index in [1.54, 1.807) is 36.4 Å². The van der Waals surface area contributed by atoms with Crippen molar-refractivity contribution in [2.24, 2.45) is 11.0 Å². The molecule has 1 aliphatic rings. The maximum Gasteiger partial charge on any atom is 0.255 e. The van der Waals surface area contributed by atoms with E-state index in [-0.39, 0.29) is 17.7 Å². The molecule has 0 bridgehead atoms. The molecule has 1 atom stereocenters. The van der Waals surface area contributed by atoms with Crippen LogP contribution in [-0.4, -0.2) is 17.5 Å². The van der Waals surface area contributed by atoms with Crippen molar-refractivity contribution in [3.63, 3.8) is 0 Å². The van der Waals surface area contributed by atoms with Gasteiger partial charge in [0.2, 0.25) is 5.91 Å². The van der Waals surface area contributed by atoms with E-state index in [2.05, 4.69) is 15.8 Å². The highest BCUT2D eigenvalue weighted by Crippen LogP contribution is 2.24. The van der Waals surface area contributed by atoms with Crippen molar-refractivity contribution in [2.45, 2.75) is 13.3 Å². The van der Waals surface area contributed by atoms with Crippen molar-refractivity contribution < 1.29 is 9.59 Å². The monoisotopic (exact) mass is 322 g/mol. The Bertz CT molecular complexity index is 815. The smallest absolute Gasteiger partial charge is 0.255 e. The molecule has 6 heteroatoms. The number of rotatable bonds is 3. The highest BCUT2D eigenvalue weighted by Gasteiger charge is 2.22. The number of nitrogens with two attached hydrogens (primary N) is 1. The molecule has 122 valence electrons. The minimum Gasteiger partial charge on any atom is -0.397 e. The number of amides is 2. The number of carbonyl (C=O) groups is 2. The summed E-state index contributed by atoms with van der Waals surface area (Å²) >= 11 is 0. The fourth-order valence-electron chi connectivity index (χ4n) is 2.62. The van der Waals surface area contributed by atoms with Crippen molar-refractivity contribution in [1.82, 2.24) is 5.43 Å². The lowest BCUT2D eigenvalue weighted by Crippen LogP contribution is -2.32. The summed E-state index contributed by atoms with van der Waals surface area (Å²) in [5, 5.41) is 6.92. The molecule has 1 heterocycles. The summed E-state index contributed by atoms with van der Waals surface area (Å²) in [6, 6.07) is 14.3. The largest absolute Gasteiger partial charge is 0.397 e. The van der Waals surface area contributed by atoms with Crippen molar-refractivity contribution >= 4 is 28.9 Å². The van der Waals surface area contributed by atoms with E-state index in [0.29, 0.717) is 23.4 Å². The zero-order valence-corrected chi connectivity index (χ0v) is 13.2. The topological polar surface area (TPSA) is 96.6 Å². The van der Waals surface area contributed by atoms with Crippen LogP contribution in [0.1, 0.15) is 29.3 Å². The molecule has 0 saturated carbocycles. The van der Waals surface area contributed by atoms with Gasteiger partial charge in [-0.2, -0.15) is 5.10 Å². The lowest BCUT2D eigenvalue weighted by atomic mass is 9.93. The Morgan fingerprint density at radius 1 is 1.25 bits per heavy atom. The highest BCUT2D eigenvalue weighted by atomic mass is 16.2. The molecule has 0 radical (unpaired) electrons. The number of carbonyl (C=O) groups excluding carboxylic acids is 2. The molecule has 0 aromatic heterocycles. The van der Waals surface area contributed by atoms with Gasteiger partial charge in [0.25, 0.3) is 5.91 Å². The van der Waals surface area contributed by atoms with Crippen LogP contribution < -0.4 is 16.5 Å². The molecule has 1 unspecified atom stereocenters. The van der Waals surface area contributed by atoms with Gasteiger partial charge in [-0.3, -0.25) is 9.59 Å². The van der Waals surface area contributed by atoms with Gasteiger partial charge >= 0.3 is 0 Å². The number of anilines is 2. The van der Waals surface area contributed by atoms with Crippen LogP contribution in [0, 0.1) is 5.92 Å². The number of hydrazone groups is 1. The normalized spacial score (nSPS) is 17.0. The number of hydrogen-bond donors (Lipinski definition) is 3. The average molecular weight is 322 g/mol. The van der Waals surface area contributed by atoms with Crippen LogP contribution >= 0.6 is 0 Å². The Labute approximate surface area is 139 Å². The van der Waals surface area contributed by atoms with Gasteiger partial charge in [0.1, 0.15) is 0 Å². The molecule has 2 amide bonds. The third-order valence-corrected chi connectivity index (χ3v) is 3.89. The molecule has 0 spiro atoms. The van der Waals surface area contributed by atoms with Crippen molar-refractivity contribution in [3.8, 4) is 0 Å². The zero-order chi connectivity index (χ0) is 17.1. The van der Waals surface area contributed by atoms with Crippen LogP contribution in [0.3, 0.4) is 0 Å². The molecule has 24 heavy (non-hydrogen) atoms. The predicted molar refractivity (Wildman–Crippen MR) is 93.7 cm³/mol. The number of hydrogen-bond acceptors (Lipinski definition) is 4. The second-order valence-electron chi connectivity index (χ2n) is 5.76. The van der Waals surface area contributed by atoms with Crippen molar-refractivity contribution in [3.05, 3.63) is 59.7 Å². The first-order valence-corrected chi connectivity index (χ1v) is 7.67. The first-order valence-electron chi connectivity index (χ1n) is 7.67. The summed E-state index contributed by atoms with van der Waals surface area (Å²) in [4.78, 5) is 23.5. The van der Waals surface area contributed by atoms with Crippen LogP contribution in [0.25, 0.3) is 0 Å². The number of benzene rings is 2. The highest BCUT2D eigenvalue weighted by molar-refractivity contribution is 6.08. The van der Waals surface area contributed by atoms with E-state index >= 15 is 0 Å². The Morgan fingerprint density at radius 3 is 2.67 bits per heavy atom. The molecule has 2 aromatic rings. The molecule has 1 aliphatic heterocycles. The van der Waals surface area contributed by atoms with E-state index in [0.717, 1.165) is 11.3 Å². The third-order valence-electron chi connectivity index (χ3n) is 3.89. The molecule has 3 rings (SSSR count). The van der Waals surface area contributed by atoms with E-state index in [4.69, 9.17) is 5.73 Å². The lowest BCUT2D eigenvalue weighted by Gasteiger charge is -2.20. The van der Waals surface area contributed by atoms with E-state index in [1.807, 2.05) is 19.1 Å². The summed E-state index contributed by atoms with van der Waals surface area (Å²) in [7, 11) is 0. The SMILES string of the molecule is CC1CC(=O)NN=C1c1ccc(NC(=O)c2ccccc2)c(N)c1. The number of nitrogens with one attached hydrogen (secondary N) is 2. The summed E-state index contributed by atoms with van der Waals surface area (Å²) in [6.07, 6.45) is 0.394. The third kappa shape index (κ3) is 3.27. The molecule has 0 aliphatic carbocycles. The minimum atomic E-state index is -0.217. The fourth-order valence-corrected chi connectivity index (χ4v) is 2.62. The lowest BCUT2D eigenvalue weighted by molar-refractivity contribution is -0.121. The van der Waals surface area contributed by atoms with Gasteiger partial charge in [0.05, 0.1) is 17.1 Å². The molecule has 2 aromatic carbocycles. The summed E-state index contributed by atoms with van der Waals surface area (Å²) in [5.41, 5.74) is 11.7. The van der Waals surface area contributed by atoms with Gasteiger partial charge in [0, 0.05) is 23.5 Å². The molecule has 0 fully saturated rings. The van der Waals surface area contributed by atoms with Gasteiger partial charge in [-0.15, -0.1) is 0 Å². The van der Waals surface area contributed by atoms with Gasteiger partial charge in [-0.05, 0) is 24.3 Å². The van der Waals surface area contributed by atoms with E-state index < -0.39 is 0 Å². The summed E-state index contributed by atoms with van der Waals surface area (Å²) in [6.45, 7) is 1.94. The van der Waals surface area contributed by atoms with E-state index in [9.17, 15) is 9.59 Å². The summed E-state index contributed by atoms with van der Waals surface area (Å²) in [5.74, 6) is -0.292. The first-order chi connectivity index (χ1) is 11.5. The van der Waals surface area contributed by atoms with Crippen LogP contribution in [0.15, 0.2) is 53.6 Å². The van der Waals surface area contributed by atoms with Gasteiger partial charge in [0.15, 0.2) is 0 Å². The average Bonchev–Trinajstić information content (AvgIpc) is 2.57. The summed E-state index contributed by atoms with van der Waals surface area (Å²) < 4.78 is 0. The Kier molecular flexibility index (Phi) is 4.29. The van der Waals surface area contributed by atoms with Crippen LogP contribution in [0.5, 0.6) is 0 Å². The Morgan fingerprint density at radius 2 is 2.00 bits per heavy atom. The zero-order valence-electron chi connectivity index (χ0n) is 13.2. The van der Waals surface area contributed by atoms with Crippen LogP contribution in [0.4, 0.5) is 11.4 Å². The first kappa shape index (κ1) is 15.7. The molecule has 0 saturated heterocycles. The quantitative estimate of drug-likeness (QED) is 0.757. The second-order valence-corrected chi connectivity index (χ2v) is 5.76. The minimum absolute atomic E-state index is 0.0166. The van der Waals surface area contributed by atoms with Gasteiger partial charge in [-0.1, -0.05) is 31.2 Å². The standard InChI is InChI=1S/C18H18N4O2/c1-11-9-16(23)21-22-17(11)13-7-8-15(14(19)10-13)20-18(24)12-5-3-2-4-6-12/h2-8,10-11H,9,19H2,1H3,(H,20,24)(H,21,23). The second kappa shape index (κ2) is 6.54. The van der Waals surface area contributed by atoms with Crippen molar-refractivity contribution in [1.29, 1.82) is 0 Å². The maximum atomic E-state index is 12.2. The molecular weight excluding hydrogens is 304 g/mol. The van der Waals surface area contributed by atoms with Crippen LogP contribution in [-0.2, 0) is 4.79 Å². The predicted octanol–water partition coefficient (Wildman–Crippen LogP) is 2.38. The van der Waals surface area contributed by atoms with E-state index in [1.165, 1.54) is 0 Å². The number of nitrogen functional groups attached to an aromatic ring is 1. The number of nitrogens with zero attached hydrogens (tertiary/aromatic N) is 1. The van der Waals surface area contributed by atoms with Crippen LogP contribution in [0.2, 0.25) is 0 Å². The van der Waals surface area contributed by atoms with Gasteiger partial charge in [-0.25, -0.2) is 5.43 Å². The molecular formula is C18H18N4O2. The van der Waals surface area contributed by atoms with Crippen molar-refractivity contribution in [2.75, 3.05) is 11.1 Å². The maximum absolute atomic E-state index is 12.2. The Balaban J connectivity index is 1.80. The molecule has 6 nitrogen and oxygen atoms in total. The van der Waals surface area contributed by atoms with Gasteiger partial charge < -0.3 is 11.1 Å². The fraction of sp³-hybridized carbons (Fsp3) is 0.167.